The van der Waals surface area contributed by atoms with Crippen LogP contribution >= 0.6 is 11.3 Å². The first-order valence-corrected chi connectivity index (χ1v) is 8.83. The fourth-order valence-corrected chi connectivity index (χ4v) is 4.10. The lowest BCUT2D eigenvalue weighted by Gasteiger charge is -2.24. The maximum Gasteiger partial charge on any atom is 0.325 e. The Morgan fingerprint density at radius 3 is 2.82 bits per heavy atom. The minimum Gasteiger partial charge on any atom is -0.324 e. The largest absolute Gasteiger partial charge is 0.325 e. The quantitative estimate of drug-likeness (QED) is 0.848. The maximum atomic E-state index is 12.1. The van der Waals surface area contributed by atoms with E-state index in [1.54, 1.807) is 25.2 Å². The molecule has 2 aliphatic rings. The molecule has 5 nitrogen and oxygen atoms in total. The van der Waals surface area contributed by atoms with Gasteiger partial charge >= 0.3 is 6.03 Å². The van der Waals surface area contributed by atoms with Crippen molar-refractivity contribution >= 4 is 23.3 Å². The molecule has 0 saturated carbocycles. The normalized spacial score (nSPS) is 25.0. The van der Waals surface area contributed by atoms with E-state index < -0.39 is 5.54 Å². The van der Waals surface area contributed by atoms with E-state index >= 15 is 0 Å². The zero-order valence-electron chi connectivity index (χ0n) is 13.2. The Morgan fingerprint density at radius 1 is 1.36 bits per heavy atom. The van der Waals surface area contributed by atoms with Gasteiger partial charge in [0.2, 0.25) is 0 Å². The van der Waals surface area contributed by atoms with Gasteiger partial charge < -0.3 is 5.32 Å². The molecule has 0 spiro atoms. The number of thiophene rings is 1. The molecule has 0 radical (unpaired) electrons. The third-order valence-corrected chi connectivity index (χ3v) is 5.26. The SMILES string of the molecule is CC1(C)NC(=O)N(CCCN2CCC[C@@H]2c2ccsc2)C1=O. The fraction of sp³-hybridized carbons (Fsp3) is 0.625. The second-order valence-electron chi connectivity index (χ2n) is 6.62. The van der Waals surface area contributed by atoms with E-state index in [-0.39, 0.29) is 11.9 Å². The summed E-state index contributed by atoms with van der Waals surface area (Å²) in [6.45, 7) is 6.03. The summed E-state index contributed by atoms with van der Waals surface area (Å²) < 4.78 is 0. The van der Waals surface area contributed by atoms with Gasteiger partial charge in [0.1, 0.15) is 5.54 Å². The minimum atomic E-state index is -0.760. The number of imide groups is 1. The Bertz CT molecular complexity index is 556. The van der Waals surface area contributed by atoms with E-state index in [1.807, 2.05) is 0 Å². The Labute approximate surface area is 135 Å². The van der Waals surface area contributed by atoms with Crippen LogP contribution in [0.2, 0.25) is 0 Å². The smallest absolute Gasteiger partial charge is 0.324 e. The molecule has 1 aromatic rings. The lowest BCUT2D eigenvalue weighted by molar-refractivity contribution is -0.130. The van der Waals surface area contributed by atoms with Gasteiger partial charge in [-0.2, -0.15) is 11.3 Å². The van der Waals surface area contributed by atoms with Crippen LogP contribution in [-0.2, 0) is 4.79 Å². The maximum absolute atomic E-state index is 12.1. The monoisotopic (exact) mass is 321 g/mol. The van der Waals surface area contributed by atoms with Crippen molar-refractivity contribution in [1.82, 2.24) is 15.1 Å². The summed E-state index contributed by atoms with van der Waals surface area (Å²) >= 11 is 1.74. The average molecular weight is 321 g/mol. The average Bonchev–Trinajstić information content (AvgIpc) is 3.15. The highest BCUT2D eigenvalue weighted by Gasteiger charge is 2.43. The number of urea groups is 1. The summed E-state index contributed by atoms with van der Waals surface area (Å²) in [6, 6.07) is 2.45. The first-order valence-electron chi connectivity index (χ1n) is 7.89. The van der Waals surface area contributed by atoms with Crippen molar-refractivity contribution < 1.29 is 9.59 Å². The second kappa shape index (κ2) is 6.01. The van der Waals surface area contributed by atoms with E-state index in [1.165, 1.54) is 23.3 Å². The van der Waals surface area contributed by atoms with Crippen LogP contribution in [0.15, 0.2) is 16.8 Å². The summed E-state index contributed by atoms with van der Waals surface area (Å²) in [5, 5.41) is 7.08. The van der Waals surface area contributed by atoms with Crippen LogP contribution in [0.25, 0.3) is 0 Å². The molecular weight excluding hydrogens is 298 g/mol. The van der Waals surface area contributed by atoms with E-state index in [2.05, 4.69) is 27.0 Å². The van der Waals surface area contributed by atoms with Crippen LogP contribution in [0.5, 0.6) is 0 Å². The van der Waals surface area contributed by atoms with Gasteiger partial charge in [-0.1, -0.05) is 0 Å². The lowest BCUT2D eigenvalue weighted by atomic mass is 10.1. The molecule has 0 aromatic carbocycles. The number of hydrogen-bond donors (Lipinski definition) is 1. The topological polar surface area (TPSA) is 52.7 Å². The molecule has 1 N–H and O–H groups in total. The number of carbonyl (C=O) groups excluding carboxylic acids is 2. The molecule has 3 rings (SSSR count). The van der Waals surface area contributed by atoms with Gasteiger partial charge in [-0.05, 0) is 62.0 Å². The van der Waals surface area contributed by atoms with Gasteiger partial charge in [0, 0.05) is 19.1 Å². The van der Waals surface area contributed by atoms with Gasteiger partial charge in [0.05, 0.1) is 0 Å². The molecule has 1 atom stereocenters. The number of carbonyl (C=O) groups is 2. The van der Waals surface area contributed by atoms with E-state index in [0.29, 0.717) is 12.6 Å². The Balaban J connectivity index is 1.53. The van der Waals surface area contributed by atoms with Crippen molar-refractivity contribution in [3.05, 3.63) is 22.4 Å². The summed E-state index contributed by atoms with van der Waals surface area (Å²) in [5.41, 5.74) is 0.642. The van der Waals surface area contributed by atoms with Crippen LogP contribution in [0.1, 0.15) is 44.7 Å². The van der Waals surface area contributed by atoms with Gasteiger partial charge in [-0.25, -0.2) is 4.79 Å². The fourth-order valence-electron chi connectivity index (χ4n) is 3.39. The zero-order chi connectivity index (χ0) is 15.7. The molecule has 0 aliphatic carbocycles. The molecule has 22 heavy (non-hydrogen) atoms. The predicted molar refractivity (Wildman–Crippen MR) is 86.8 cm³/mol. The Kier molecular flexibility index (Phi) is 4.23. The second-order valence-corrected chi connectivity index (χ2v) is 7.40. The number of rotatable bonds is 5. The van der Waals surface area contributed by atoms with Gasteiger partial charge in [-0.3, -0.25) is 14.6 Å². The molecule has 1 aromatic heterocycles. The highest BCUT2D eigenvalue weighted by molar-refractivity contribution is 7.07. The number of nitrogens with zero attached hydrogens (tertiary/aromatic N) is 2. The molecule has 2 saturated heterocycles. The Hall–Kier alpha value is -1.40. The highest BCUT2D eigenvalue weighted by atomic mass is 32.1. The van der Waals surface area contributed by atoms with Crippen molar-refractivity contribution in [2.45, 2.75) is 44.7 Å². The number of hydrogen-bond acceptors (Lipinski definition) is 4. The van der Waals surface area contributed by atoms with Crippen LogP contribution in [0.4, 0.5) is 4.79 Å². The molecule has 0 bridgehead atoms. The van der Waals surface area contributed by atoms with Crippen LogP contribution in [0.3, 0.4) is 0 Å². The predicted octanol–water partition coefficient (Wildman–Crippen LogP) is 2.61. The third-order valence-electron chi connectivity index (χ3n) is 4.56. The zero-order valence-corrected chi connectivity index (χ0v) is 14.0. The highest BCUT2D eigenvalue weighted by Crippen LogP contribution is 2.33. The van der Waals surface area contributed by atoms with Crippen molar-refractivity contribution in [3.63, 3.8) is 0 Å². The molecule has 3 heterocycles. The number of likely N-dealkylation sites (tertiary alicyclic amines) is 1. The van der Waals surface area contributed by atoms with Gasteiger partial charge in [0.15, 0.2) is 0 Å². The molecule has 3 amide bonds. The van der Waals surface area contributed by atoms with E-state index in [4.69, 9.17) is 0 Å². The Morgan fingerprint density at radius 2 is 2.18 bits per heavy atom. The molecule has 2 aliphatic heterocycles. The lowest BCUT2D eigenvalue weighted by Crippen LogP contribution is -2.40. The van der Waals surface area contributed by atoms with Crippen LogP contribution in [0, 0.1) is 0 Å². The van der Waals surface area contributed by atoms with Crippen LogP contribution < -0.4 is 5.32 Å². The first kappa shape index (κ1) is 15.5. The van der Waals surface area contributed by atoms with Crippen LogP contribution in [-0.4, -0.2) is 46.9 Å². The third kappa shape index (κ3) is 2.90. The summed E-state index contributed by atoms with van der Waals surface area (Å²) in [6.07, 6.45) is 3.25. The van der Waals surface area contributed by atoms with Gasteiger partial charge in [0.25, 0.3) is 5.91 Å². The summed E-state index contributed by atoms with van der Waals surface area (Å²) in [5.74, 6) is -0.117. The number of nitrogens with one attached hydrogen (secondary N) is 1. The van der Waals surface area contributed by atoms with E-state index in [9.17, 15) is 9.59 Å². The van der Waals surface area contributed by atoms with E-state index in [0.717, 1.165) is 19.5 Å². The molecule has 120 valence electrons. The molecule has 6 heteroatoms. The van der Waals surface area contributed by atoms with Crippen molar-refractivity contribution in [2.24, 2.45) is 0 Å². The van der Waals surface area contributed by atoms with Crippen molar-refractivity contribution in [1.29, 1.82) is 0 Å². The van der Waals surface area contributed by atoms with Crippen molar-refractivity contribution in [2.75, 3.05) is 19.6 Å². The molecule has 0 unspecified atom stereocenters. The van der Waals surface area contributed by atoms with Gasteiger partial charge in [-0.15, -0.1) is 0 Å². The summed E-state index contributed by atoms with van der Waals surface area (Å²) in [4.78, 5) is 27.8. The first-order chi connectivity index (χ1) is 10.5. The number of amides is 3. The molecular formula is C16H23N3O2S. The standard InChI is InChI=1S/C16H23N3O2S/c1-16(2)14(20)19(15(21)17-16)9-4-8-18-7-3-5-13(18)12-6-10-22-11-12/h6,10-11,13H,3-5,7-9H2,1-2H3,(H,17,21)/t13-/m1/s1. The summed E-state index contributed by atoms with van der Waals surface area (Å²) in [7, 11) is 0. The minimum absolute atomic E-state index is 0.117. The molecule has 2 fully saturated rings. The van der Waals surface area contributed by atoms with Crippen molar-refractivity contribution in [3.8, 4) is 0 Å².